The van der Waals surface area contributed by atoms with E-state index < -0.39 is 0 Å². The van der Waals surface area contributed by atoms with E-state index in [2.05, 4.69) is 6.92 Å². The molecule has 0 aliphatic carbocycles. The van der Waals surface area contributed by atoms with Crippen LogP contribution in [0.5, 0.6) is 0 Å². The average molecular weight is 204 g/mol. The molecule has 80 valence electrons. The Kier molecular flexibility index (Phi) is 3.67. The Morgan fingerprint density at radius 2 is 1.93 bits per heavy atom. The van der Waals surface area contributed by atoms with Crippen LogP contribution in [0.2, 0.25) is 0 Å². The van der Waals surface area contributed by atoms with Gasteiger partial charge in [-0.3, -0.25) is 0 Å². The number of esters is 1. The fraction of sp³-hybridized carbons (Fsp3) is 0.308. The fourth-order valence-electron chi connectivity index (χ4n) is 1.51. The van der Waals surface area contributed by atoms with Crippen LogP contribution in [-0.2, 0) is 4.74 Å². The van der Waals surface area contributed by atoms with E-state index in [0.29, 0.717) is 11.3 Å². The second-order valence-corrected chi connectivity index (χ2v) is 3.29. The zero-order chi connectivity index (χ0) is 9.97. The third-order valence-electron chi connectivity index (χ3n) is 2.23. The van der Waals surface area contributed by atoms with E-state index in [1.807, 2.05) is 24.3 Å². The van der Waals surface area contributed by atoms with Gasteiger partial charge in [0.1, 0.15) is 5.76 Å². The lowest BCUT2D eigenvalue weighted by Crippen LogP contribution is -1.92. The molecular weight excluding hydrogens is 188 g/mol. The zero-order valence-corrected chi connectivity index (χ0v) is 8.12. The highest BCUT2D eigenvalue weighted by Crippen LogP contribution is 2.29. The lowest BCUT2D eigenvalue weighted by atomic mass is 10.1. The first-order valence-corrected chi connectivity index (χ1v) is 4.84. The molecule has 0 amide bonds. The van der Waals surface area contributed by atoms with E-state index in [4.69, 9.17) is 4.74 Å². The fourth-order valence-corrected chi connectivity index (χ4v) is 1.51. The van der Waals surface area contributed by atoms with Crippen LogP contribution in [0.3, 0.4) is 0 Å². The maximum atomic E-state index is 11.4. The minimum absolute atomic E-state index is 0. The molecule has 2 nitrogen and oxygen atoms in total. The maximum absolute atomic E-state index is 11.4. The molecule has 0 saturated heterocycles. The van der Waals surface area contributed by atoms with E-state index >= 15 is 0 Å². The van der Waals surface area contributed by atoms with Crippen molar-refractivity contribution in [2.24, 2.45) is 0 Å². The number of hydrogen-bond acceptors (Lipinski definition) is 2. The van der Waals surface area contributed by atoms with Gasteiger partial charge in [0.25, 0.3) is 0 Å². The number of allylic oxidation sites excluding steroid dienone is 1. The normalized spacial score (nSPS) is 15.8. The van der Waals surface area contributed by atoms with E-state index in [9.17, 15) is 4.79 Å². The van der Waals surface area contributed by atoms with Gasteiger partial charge in [0, 0.05) is 5.56 Å². The first-order chi connectivity index (χ1) is 6.83. The van der Waals surface area contributed by atoms with Crippen molar-refractivity contribution < 1.29 is 9.53 Å². The minimum Gasteiger partial charge on any atom is -0.423 e. The van der Waals surface area contributed by atoms with Crippen LogP contribution in [0.4, 0.5) is 0 Å². The van der Waals surface area contributed by atoms with E-state index in [0.717, 1.165) is 18.4 Å². The molecule has 2 heteroatoms. The van der Waals surface area contributed by atoms with Crippen molar-refractivity contribution in [3.05, 3.63) is 41.5 Å². The number of rotatable bonds is 2. The third-order valence-corrected chi connectivity index (χ3v) is 2.23. The first-order valence-electron chi connectivity index (χ1n) is 4.84. The number of carbonyl (C=O) groups is 1. The van der Waals surface area contributed by atoms with Gasteiger partial charge in [0.15, 0.2) is 0 Å². The largest absolute Gasteiger partial charge is 0.423 e. The molecule has 1 aliphatic rings. The van der Waals surface area contributed by atoms with Crippen molar-refractivity contribution in [1.29, 1.82) is 0 Å². The van der Waals surface area contributed by atoms with Crippen molar-refractivity contribution in [3.8, 4) is 0 Å². The molecule has 0 unspecified atom stereocenters. The maximum Gasteiger partial charge on any atom is 0.344 e. The van der Waals surface area contributed by atoms with E-state index in [1.54, 1.807) is 6.07 Å². The molecule has 0 radical (unpaired) electrons. The second kappa shape index (κ2) is 4.78. The van der Waals surface area contributed by atoms with Crippen molar-refractivity contribution >= 4 is 11.7 Å². The van der Waals surface area contributed by atoms with E-state index in [1.165, 1.54) is 0 Å². The molecular formula is C13H16O2. The van der Waals surface area contributed by atoms with Crippen molar-refractivity contribution in [3.63, 3.8) is 0 Å². The van der Waals surface area contributed by atoms with Crippen LogP contribution in [0.1, 0.15) is 43.1 Å². The molecule has 0 saturated carbocycles. The topological polar surface area (TPSA) is 26.3 Å². The molecule has 1 aliphatic heterocycles. The predicted molar refractivity (Wildman–Crippen MR) is 61.5 cm³/mol. The molecule has 1 aromatic carbocycles. The van der Waals surface area contributed by atoms with E-state index in [-0.39, 0.29) is 13.4 Å². The van der Waals surface area contributed by atoms with Crippen LogP contribution in [-0.4, -0.2) is 5.97 Å². The van der Waals surface area contributed by atoms with Crippen LogP contribution in [0.15, 0.2) is 30.3 Å². The Hall–Kier alpha value is -1.57. The minimum atomic E-state index is -0.233. The number of fused-ring (bicyclic) bond motifs is 1. The Labute approximate surface area is 90.6 Å². The van der Waals surface area contributed by atoms with Gasteiger partial charge in [0.2, 0.25) is 0 Å². The Bertz CT molecular complexity index is 391. The van der Waals surface area contributed by atoms with Crippen molar-refractivity contribution in [2.75, 3.05) is 0 Å². The molecule has 15 heavy (non-hydrogen) atoms. The van der Waals surface area contributed by atoms with Gasteiger partial charge in [-0.2, -0.15) is 0 Å². The molecule has 0 aromatic heterocycles. The molecule has 0 fully saturated rings. The number of ether oxygens (including phenoxy) is 1. The highest BCUT2D eigenvalue weighted by molar-refractivity contribution is 6.02. The predicted octanol–water partition coefficient (Wildman–Crippen LogP) is 3.63. The molecule has 0 bridgehead atoms. The van der Waals surface area contributed by atoms with Crippen LogP contribution in [0, 0.1) is 0 Å². The summed E-state index contributed by atoms with van der Waals surface area (Å²) in [6.07, 6.45) is 3.98. The smallest absolute Gasteiger partial charge is 0.344 e. The van der Waals surface area contributed by atoms with Gasteiger partial charge in [0.05, 0.1) is 5.56 Å². The van der Waals surface area contributed by atoms with Crippen LogP contribution < -0.4 is 0 Å². The SMILES string of the molecule is C.CCC/C=C1\OC(=O)c2ccccc21. The van der Waals surface area contributed by atoms with Crippen LogP contribution >= 0.6 is 0 Å². The molecule has 2 rings (SSSR count). The summed E-state index contributed by atoms with van der Waals surface area (Å²) in [4.78, 5) is 11.4. The molecule has 0 N–H and O–H groups in total. The summed E-state index contributed by atoms with van der Waals surface area (Å²) < 4.78 is 5.16. The zero-order valence-electron chi connectivity index (χ0n) is 8.12. The Balaban J connectivity index is 0.00000112. The summed E-state index contributed by atoms with van der Waals surface area (Å²) in [5, 5.41) is 0. The summed E-state index contributed by atoms with van der Waals surface area (Å²) in [5.41, 5.74) is 1.60. The average Bonchev–Trinajstić information content (AvgIpc) is 2.54. The highest BCUT2D eigenvalue weighted by Gasteiger charge is 2.24. The van der Waals surface area contributed by atoms with Crippen molar-refractivity contribution in [2.45, 2.75) is 27.2 Å². The number of carbonyl (C=O) groups excluding carboxylic acids is 1. The van der Waals surface area contributed by atoms with Gasteiger partial charge < -0.3 is 4.74 Å². The van der Waals surface area contributed by atoms with Gasteiger partial charge in [-0.05, 0) is 18.6 Å². The Morgan fingerprint density at radius 3 is 2.60 bits per heavy atom. The summed E-state index contributed by atoms with van der Waals surface area (Å²) in [7, 11) is 0. The first kappa shape index (κ1) is 11.5. The van der Waals surface area contributed by atoms with Gasteiger partial charge in [-0.25, -0.2) is 4.79 Å². The van der Waals surface area contributed by atoms with Gasteiger partial charge >= 0.3 is 5.97 Å². The molecule has 0 spiro atoms. The Morgan fingerprint density at radius 1 is 1.27 bits per heavy atom. The lowest BCUT2D eigenvalue weighted by molar-refractivity contribution is 0.0715. The highest BCUT2D eigenvalue weighted by atomic mass is 16.5. The number of benzene rings is 1. The summed E-state index contributed by atoms with van der Waals surface area (Å²) >= 11 is 0. The summed E-state index contributed by atoms with van der Waals surface area (Å²) in [5.74, 6) is 0.482. The van der Waals surface area contributed by atoms with Gasteiger partial charge in [-0.1, -0.05) is 39.0 Å². The molecule has 1 aromatic rings. The summed E-state index contributed by atoms with van der Waals surface area (Å²) in [6.45, 7) is 2.10. The van der Waals surface area contributed by atoms with Crippen molar-refractivity contribution in [1.82, 2.24) is 0 Å². The number of cyclic esters (lactones) is 1. The molecule has 1 heterocycles. The van der Waals surface area contributed by atoms with Gasteiger partial charge in [-0.15, -0.1) is 0 Å². The number of unbranched alkanes of at least 4 members (excludes halogenated alkanes) is 1. The quantitative estimate of drug-likeness (QED) is 0.687. The van der Waals surface area contributed by atoms with Crippen LogP contribution in [0.25, 0.3) is 5.76 Å². The standard InChI is InChI=1S/C12H12O2.CH4/c1-2-3-8-11-9-6-4-5-7-10(9)12(13)14-11;/h4-8H,2-3H2,1H3;1H4/b11-8-;. The second-order valence-electron chi connectivity index (χ2n) is 3.29. The number of hydrogen-bond donors (Lipinski definition) is 0. The molecule has 0 atom stereocenters. The lowest BCUT2D eigenvalue weighted by Gasteiger charge is -1.96. The monoisotopic (exact) mass is 204 g/mol. The summed E-state index contributed by atoms with van der Waals surface area (Å²) in [6, 6.07) is 7.48. The third kappa shape index (κ3) is 2.09.